The van der Waals surface area contributed by atoms with E-state index in [1.807, 2.05) is 24.3 Å². The molecule has 36 heavy (non-hydrogen) atoms. The number of carboxylic acids is 1. The van der Waals surface area contributed by atoms with Crippen LogP contribution in [0.25, 0.3) is 21.9 Å². The zero-order chi connectivity index (χ0) is 25.9. The molecule has 0 aromatic heterocycles. The standard InChI is InChI=1S/C28H26FNO5S/c1-18(2)27(28(31)32)30-36(33,34)26-14-11-23(16-25(26)29)21-9-12-24(13-10-21)35-17-19-7-8-20-5-3-4-6-22(20)15-19/h3-16,18,27,30H,17H2,1-2H3,(H,31,32). The summed E-state index contributed by atoms with van der Waals surface area (Å²) in [4.78, 5) is 10.7. The minimum Gasteiger partial charge on any atom is -0.489 e. The Balaban J connectivity index is 1.46. The molecule has 186 valence electrons. The van der Waals surface area contributed by atoms with Gasteiger partial charge in [0.15, 0.2) is 0 Å². The molecule has 0 amide bonds. The van der Waals surface area contributed by atoms with E-state index >= 15 is 0 Å². The van der Waals surface area contributed by atoms with Crippen molar-refractivity contribution < 1.29 is 27.4 Å². The fraction of sp³-hybridized carbons (Fsp3) is 0.179. The molecule has 0 spiro atoms. The maximum atomic E-state index is 14.8. The minimum absolute atomic E-state index is 0.395. The second kappa shape index (κ2) is 10.5. The maximum Gasteiger partial charge on any atom is 0.322 e. The lowest BCUT2D eigenvalue weighted by Gasteiger charge is -2.18. The summed E-state index contributed by atoms with van der Waals surface area (Å²) in [5.74, 6) is -2.16. The van der Waals surface area contributed by atoms with Gasteiger partial charge in [-0.2, -0.15) is 4.72 Å². The number of ether oxygens (including phenoxy) is 1. The summed E-state index contributed by atoms with van der Waals surface area (Å²) >= 11 is 0. The van der Waals surface area contributed by atoms with Crippen molar-refractivity contribution in [3.8, 4) is 16.9 Å². The molecule has 6 nitrogen and oxygen atoms in total. The predicted molar refractivity (Wildman–Crippen MR) is 137 cm³/mol. The average molecular weight is 508 g/mol. The Bertz CT molecular complexity index is 1500. The molecule has 0 aliphatic carbocycles. The Kier molecular flexibility index (Phi) is 7.37. The third-order valence-electron chi connectivity index (χ3n) is 5.84. The SMILES string of the molecule is CC(C)C(NS(=O)(=O)c1ccc(-c2ccc(OCc3ccc4ccccc4c3)cc2)cc1F)C(=O)O. The molecule has 0 radical (unpaired) electrons. The van der Waals surface area contributed by atoms with Crippen LogP contribution in [0.2, 0.25) is 0 Å². The zero-order valence-corrected chi connectivity index (χ0v) is 20.6. The number of benzene rings is 4. The van der Waals surface area contributed by atoms with Crippen LogP contribution < -0.4 is 9.46 Å². The molecule has 0 saturated heterocycles. The molecular formula is C28H26FNO5S. The summed E-state index contributed by atoms with van der Waals surface area (Å²) in [6.07, 6.45) is 0. The lowest BCUT2D eigenvalue weighted by Crippen LogP contribution is -2.44. The van der Waals surface area contributed by atoms with Crippen molar-refractivity contribution in [2.24, 2.45) is 5.92 Å². The molecule has 4 rings (SSSR count). The molecule has 0 bridgehead atoms. The first-order valence-electron chi connectivity index (χ1n) is 11.4. The van der Waals surface area contributed by atoms with Gasteiger partial charge in [0.25, 0.3) is 0 Å². The predicted octanol–water partition coefficient (Wildman–Crippen LogP) is 5.61. The maximum absolute atomic E-state index is 14.8. The molecule has 8 heteroatoms. The van der Waals surface area contributed by atoms with Gasteiger partial charge in [0.1, 0.15) is 29.1 Å². The van der Waals surface area contributed by atoms with Crippen molar-refractivity contribution in [1.29, 1.82) is 0 Å². The van der Waals surface area contributed by atoms with Gasteiger partial charge in [-0.3, -0.25) is 4.79 Å². The van der Waals surface area contributed by atoms with Crippen LogP contribution in [-0.4, -0.2) is 25.5 Å². The lowest BCUT2D eigenvalue weighted by molar-refractivity contribution is -0.140. The third kappa shape index (κ3) is 5.72. The van der Waals surface area contributed by atoms with E-state index in [4.69, 9.17) is 4.74 Å². The number of halogens is 1. The number of carboxylic acid groups (broad SMARTS) is 1. The third-order valence-corrected chi connectivity index (χ3v) is 7.32. The Morgan fingerprint density at radius 1 is 0.917 bits per heavy atom. The summed E-state index contributed by atoms with van der Waals surface area (Å²) in [5, 5.41) is 11.6. The molecule has 4 aromatic carbocycles. The van der Waals surface area contributed by atoms with E-state index in [1.165, 1.54) is 6.07 Å². The second-order valence-corrected chi connectivity index (χ2v) is 10.5. The first-order chi connectivity index (χ1) is 17.1. The van der Waals surface area contributed by atoms with Crippen LogP contribution in [0, 0.1) is 11.7 Å². The molecule has 0 aliphatic rings. The van der Waals surface area contributed by atoms with Crippen molar-refractivity contribution in [2.45, 2.75) is 31.4 Å². The van der Waals surface area contributed by atoms with Gasteiger partial charge < -0.3 is 9.84 Å². The highest BCUT2D eigenvalue weighted by Crippen LogP contribution is 2.27. The summed E-state index contributed by atoms with van der Waals surface area (Å²) in [6.45, 7) is 3.53. The van der Waals surface area contributed by atoms with Gasteiger partial charge in [-0.25, -0.2) is 12.8 Å². The number of hydrogen-bond acceptors (Lipinski definition) is 4. The average Bonchev–Trinajstić information content (AvgIpc) is 2.85. The summed E-state index contributed by atoms with van der Waals surface area (Å²) in [7, 11) is -4.36. The van der Waals surface area contributed by atoms with Crippen molar-refractivity contribution in [1.82, 2.24) is 4.72 Å². The smallest absolute Gasteiger partial charge is 0.322 e. The summed E-state index contributed by atoms with van der Waals surface area (Å²) in [6, 6.07) is 23.7. The molecule has 0 saturated carbocycles. The minimum atomic E-state index is -4.36. The number of aliphatic carboxylic acids is 1. The monoisotopic (exact) mass is 507 g/mol. The molecule has 0 aliphatic heterocycles. The largest absolute Gasteiger partial charge is 0.489 e. The molecule has 1 unspecified atom stereocenters. The number of nitrogens with one attached hydrogen (secondary N) is 1. The van der Waals surface area contributed by atoms with Gasteiger partial charge in [0, 0.05) is 0 Å². The van der Waals surface area contributed by atoms with Crippen LogP contribution in [0.5, 0.6) is 5.75 Å². The van der Waals surface area contributed by atoms with Crippen LogP contribution in [0.15, 0.2) is 89.8 Å². The normalized spacial score (nSPS) is 12.6. The Labute approximate surface area is 209 Å². The van der Waals surface area contributed by atoms with Crippen LogP contribution in [-0.2, 0) is 21.4 Å². The number of fused-ring (bicyclic) bond motifs is 1. The molecule has 4 aromatic rings. The van der Waals surface area contributed by atoms with E-state index in [0.717, 1.165) is 28.5 Å². The van der Waals surface area contributed by atoms with E-state index in [2.05, 4.69) is 22.9 Å². The van der Waals surface area contributed by atoms with Crippen molar-refractivity contribution in [3.63, 3.8) is 0 Å². The van der Waals surface area contributed by atoms with E-state index in [-0.39, 0.29) is 0 Å². The van der Waals surface area contributed by atoms with Crippen molar-refractivity contribution >= 4 is 26.8 Å². The molecule has 0 fully saturated rings. The fourth-order valence-corrected chi connectivity index (χ4v) is 5.24. The van der Waals surface area contributed by atoms with Crippen LogP contribution in [0.3, 0.4) is 0 Å². The number of carbonyl (C=O) groups is 1. The number of hydrogen-bond donors (Lipinski definition) is 2. The van der Waals surface area contributed by atoms with E-state index < -0.39 is 38.7 Å². The van der Waals surface area contributed by atoms with Gasteiger partial charge in [-0.1, -0.05) is 68.4 Å². The molecular weight excluding hydrogens is 481 g/mol. The highest BCUT2D eigenvalue weighted by molar-refractivity contribution is 7.89. The summed E-state index contributed by atoms with van der Waals surface area (Å²) < 4.78 is 47.9. The number of sulfonamides is 1. The van der Waals surface area contributed by atoms with E-state index in [0.29, 0.717) is 23.5 Å². The molecule has 1 atom stereocenters. The Hall–Kier alpha value is -3.75. The van der Waals surface area contributed by atoms with Crippen LogP contribution in [0.4, 0.5) is 4.39 Å². The van der Waals surface area contributed by atoms with Gasteiger partial charge in [0.2, 0.25) is 10.0 Å². The highest BCUT2D eigenvalue weighted by atomic mass is 32.2. The van der Waals surface area contributed by atoms with Gasteiger partial charge in [-0.15, -0.1) is 0 Å². The van der Waals surface area contributed by atoms with Crippen LogP contribution >= 0.6 is 0 Å². The van der Waals surface area contributed by atoms with Gasteiger partial charge in [-0.05, 0) is 63.7 Å². The van der Waals surface area contributed by atoms with Gasteiger partial charge in [0.05, 0.1) is 0 Å². The van der Waals surface area contributed by atoms with Crippen LogP contribution in [0.1, 0.15) is 19.4 Å². The Morgan fingerprint density at radius 3 is 2.22 bits per heavy atom. The molecule has 0 heterocycles. The van der Waals surface area contributed by atoms with Crippen molar-refractivity contribution in [2.75, 3.05) is 0 Å². The number of rotatable bonds is 9. The quantitative estimate of drug-likeness (QED) is 0.307. The molecule has 2 N–H and O–H groups in total. The first-order valence-corrected chi connectivity index (χ1v) is 12.9. The Morgan fingerprint density at radius 2 is 1.58 bits per heavy atom. The fourth-order valence-electron chi connectivity index (χ4n) is 3.84. The lowest BCUT2D eigenvalue weighted by atomic mass is 10.1. The zero-order valence-electron chi connectivity index (χ0n) is 19.8. The topological polar surface area (TPSA) is 92.7 Å². The first kappa shape index (κ1) is 25.3. The second-order valence-electron chi connectivity index (χ2n) is 8.82. The highest BCUT2D eigenvalue weighted by Gasteiger charge is 2.29. The van der Waals surface area contributed by atoms with Gasteiger partial charge >= 0.3 is 5.97 Å². The van der Waals surface area contributed by atoms with E-state index in [1.54, 1.807) is 38.1 Å². The van der Waals surface area contributed by atoms with Crippen molar-refractivity contribution in [3.05, 3.63) is 96.3 Å². The summed E-state index contributed by atoms with van der Waals surface area (Å²) in [5.41, 5.74) is 2.19. The van der Waals surface area contributed by atoms with E-state index in [9.17, 15) is 22.7 Å².